The Morgan fingerprint density at radius 3 is 2.71 bits per heavy atom. The Kier molecular flexibility index (Phi) is 4.04. The number of hydrogen-bond donors (Lipinski definition) is 2. The fraction of sp³-hybridized carbons (Fsp3) is 0.400. The van der Waals surface area contributed by atoms with Crippen LogP contribution in [0.2, 0.25) is 0 Å². The second-order valence-electron chi connectivity index (χ2n) is 3.17. The summed E-state index contributed by atoms with van der Waals surface area (Å²) in [5, 5.41) is 9.53. The van der Waals surface area contributed by atoms with Crippen LogP contribution in [0, 0.1) is 5.82 Å². The highest BCUT2D eigenvalue weighted by atomic mass is 79.9. The summed E-state index contributed by atoms with van der Waals surface area (Å²) in [4.78, 5) is 0. The Labute approximate surface area is 91.1 Å². The third-order valence-corrected chi connectivity index (χ3v) is 2.84. The summed E-state index contributed by atoms with van der Waals surface area (Å²) in [6.45, 7) is 1.85. The first kappa shape index (κ1) is 11.6. The van der Waals surface area contributed by atoms with Crippen LogP contribution >= 0.6 is 15.9 Å². The van der Waals surface area contributed by atoms with Gasteiger partial charge in [-0.1, -0.05) is 28.9 Å². The Morgan fingerprint density at radius 2 is 2.21 bits per heavy atom. The van der Waals surface area contributed by atoms with Crippen LogP contribution in [0.1, 0.15) is 24.9 Å². The highest BCUT2D eigenvalue weighted by molar-refractivity contribution is 9.10. The van der Waals surface area contributed by atoms with Gasteiger partial charge in [-0.3, -0.25) is 0 Å². The lowest BCUT2D eigenvalue weighted by Crippen LogP contribution is -2.25. The van der Waals surface area contributed by atoms with Crippen molar-refractivity contribution in [2.24, 2.45) is 5.73 Å². The summed E-state index contributed by atoms with van der Waals surface area (Å²) in [6, 6.07) is 3.79. The van der Waals surface area contributed by atoms with E-state index in [0.29, 0.717) is 10.9 Å². The predicted molar refractivity (Wildman–Crippen MR) is 57.3 cm³/mol. The van der Waals surface area contributed by atoms with Crippen LogP contribution in [0.5, 0.6) is 0 Å². The van der Waals surface area contributed by atoms with Crippen molar-refractivity contribution < 1.29 is 9.50 Å². The SMILES string of the molecule is CC[C@H](O)[C@H](N)c1ccc(F)cc1Br. The van der Waals surface area contributed by atoms with Gasteiger partial charge in [0, 0.05) is 4.47 Å². The van der Waals surface area contributed by atoms with Gasteiger partial charge in [0.2, 0.25) is 0 Å². The predicted octanol–water partition coefficient (Wildman–Crippen LogP) is 2.36. The van der Waals surface area contributed by atoms with Gasteiger partial charge < -0.3 is 10.8 Å². The molecule has 0 aliphatic heterocycles. The van der Waals surface area contributed by atoms with Crippen LogP contribution in [0.15, 0.2) is 22.7 Å². The van der Waals surface area contributed by atoms with Gasteiger partial charge >= 0.3 is 0 Å². The van der Waals surface area contributed by atoms with Crippen molar-refractivity contribution in [3.63, 3.8) is 0 Å². The van der Waals surface area contributed by atoms with E-state index < -0.39 is 12.1 Å². The molecule has 0 amide bonds. The number of halogens is 2. The van der Waals surface area contributed by atoms with E-state index in [1.807, 2.05) is 6.92 Å². The fourth-order valence-electron chi connectivity index (χ4n) is 1.23. The smallest absolute Gasteiger partial charge is 0.124 e. The second kappa shape index (κ2) is 4.87. The van der Waals surface area contributed by atoms with Gasteiger partial charge in [0.1, 0.15) is 5.82 Å². The summed E-state index contributed by atoms with van der Waals surface area (Å²) in [6.07, 6.45) is -0.0258. The van der Waals surface area contributed by atoms with Crippen molar-refractivity contribution in [1.82, 2.24) is 0 Å². The maximum absolute atomic E-state index is 12.8. The number of aliphatic hydroxyl groups is 1. The summed E-state index contributed by atoms with van der Waals surface area (Å²) in [5.41, 5.74) is 6.52. The van der Waals surface area contributed by atoms with Crippen LogP contribution in [-0.4, -0.2) is 11.2 Å². The Balaban J connectivity index is 2.95. The van der Waals surface area contributed by atoms with E-state index in [1.54, 1.807) is 6.07 Å². The minimum Gasteiger partial charge on any atom is -0.391 e. The zero-order valence-corrected chi connectivity index (χ0v) is 9.46. The Hall–Kier alpha value is -0.450. The number of aliphatic hydroxyl groups excluding tert-OH is 1. The van der Waals surface area contributed by atoms with Gasteiger partial charge in [-0.2, -0.15) is 0 Å². The minimum absolute atomic E-state index is 0.321. The van der Waals surface area contributed by atoms with E-state index >= 15 is 0 Å². The van der Waals surface area contributed by atoms with Crippen molar-refractivity contribution in [3.05, 3.63) is 34.1 Å². The Bertz CT molecular complexity index is 319. The second-order valence-corrected chi connectivity index (χ2v) is 4.02. The topological polar surface area (TPSA) is 46.2 Å². The van der Waals surface area contributed by atoms with Crippen molar-refractivity contribution >= 4 is 15.9 Å². The summed E-state index contributed by atoms with van der Waals surface area (Å²) in [7, 11) is 0. The maximum atomic E-state index is 12.8. The van der Waals surface area contributed by atoms with Crippen LogP contribution < -0.4 is 5.73 Å². The standard InChI is InChI=1S/C10H13BrFNO/c1-2-9(14)10(13)7-4-3-6(12)5-8(7)11/h3-5,9-10,14H,2,13H2,1H3/t9-,10+/m0/s1. The number of benzene rings is 1. The molecule has 0 aromatic heterocycles. The monoisotopic (exact) mass is 261 g/mol. The van der Waals surface area contributed by atoms with Gasteiger partial charge in [0.15, 0.2) is 0 Å². The van der Waals surface area contributed by atoms with Gasteiger partial charge in [-0.05, 0) is 24.1 Å². The molecule has 1 rings (SSSR count). The van der Waals surface area contributed by atoms with Crippen LogP contribution in [0.25, 0.3) is 0 Å². The van der Waals surface area contributed by atoms with Crippen LogP contribution in [0.3, 0.4) is 0 Å². The first-order chi connectivity index (χ1) is 6.56. The minimum atomic E-state index is -0.600. The molecule has 14 heavy (non-hydrogen) atoms. The average molecular weight is 262 g/mol. The first-order valence-electron chi connectivity index (χ1n) is 4.44. The molecule has 1 aromatic carbocycles. The maximum Gasteiger partial charge on any atom is 0.124 e. The van der Waals surface area contributed by atoms with E-state index in [9.17, 15) is 9.50 Å². The lowest BCUT2D eigenvalue weighted by Gasteiger charge is -2.18. The van der Waals surface area contributed by atoms with E-state index in [1.165, 1.54) is 12.1 Å². The van der Waals surface area contributed by atoms with Crippen molar-refractivity contribution in [3.8, 4) is 0 Å². The summed E-state index contributed by atoms with van der Waals surface area (Å²) in [5.74, 6) is -0.321. The quantitative estimate of drug-likeness (QED) is 0.878. The molecule has 3 N–H and O–H groups in total. The van der Waals surface area contributed by atoms with Crippen molar-refractivity contribution in [2.45, 2.75) is 25.5 Å². The van der Waals surface area contributed by atoms with Gasteiger partial charge in [0.25, 0.3) is 0 Å². The van der Waals surface area contributed by atoms with E-state index in [0.717, 1.165) is 5.56 Å². The molecule has 2 nitrogen and oxygen atoms in total. The molecule has 78 valence electrons. The molecule has 0 aliphatic rings. The zero-order valence-electron chi connectivity index (χ0n) is 7.87. The highest BCUT2D eigenvalue weighted by Gasteiger charge is 2.17. The molecular formula is C10H13BrFNO. The highest BCUT2D eigenvalue weighted by Crippen LogP contribution is 2.25. The van der Waals surface area contributed by atoms with E-state index in [-0.39, 0.29) is 5.82 Å². The largest absolute Gasteiger partial charge is 0.391 e. The molecule has 0 saturated carbocycles. The molecule has 0 fully saturated rings. The molecule has 0 radical (unpaired) electrons. The van der Waals surface area contributed by atoms with E-state index in [4.69, 9.17) is 5.73 Å². The van der Waals surface area contributed by atoms with Crippen molar-refractivity contribution in [2.75, 3.05) is 0 Å². The van der Waals surface area contributed by atoms with E-state index in [2.05, 4.69) is 15.9 Å². The third kappa shape index (κ3) is 2.53. The molecule has 0 saturated heterocycles. The number of nitrogens with two attached hydrogens (primary N) is 1. The molecule has 2 atom stereocenters. The van der Waals surface area contributed by atoms with Crippen LogP contribution in [0.4, 0.5) is 4.39 Å². The molecule has 0 aliphatic carbocycles. The summed E-state index contributed by atoms with van der Waals surface area (Å²) >= 11 is 3.21. The van der Waals surface area contributed by atoms with Crippen molar-refractivity contribution in [1.29, 1.82) is 0 Å². The molecule has 0 unspecified atom stereocenters. The molecule has 0 spiro atoms. The number of rotatable bonds is 3. The van der Waals surface area contributed by atoms with Gasteiger partial charge in [0.05, 0.1) is 12.1 Å². The molecule has 0 bridgehead atoms. The lowest BCUT2D eigenvalue weighted by molar-refractivity contribution is 0.140. The average Bonchev–Trinajstić information content (AvgIpc) is 2.15. The molecule has 4 heteroatoms. The lowest BCUT2D eigenvalue weighted by atomic mass is 10.0. The summed E-state index contributed by atoms with van der Waals surface area (Å²) < 4.78 is 13.4. The van der Waals surface area contributed by atoms with Gasteiger partial charge in [-0.25, -0.2) is 4.39 Å². The Morgan fingerprint density at radius 1 is 1.57 bits per heavy atom. The molecule has 0 heterocycles. The third-order valence-electron chi connectivity index (χ3n) is 2.15. The first-order valence-corrected chi connectivity index (χ1v) is 5.24. The van der Waals surface area contributed by atoms with Crippen LogP contribution in [-0.2, 0) is 0 Å². The normalized spacial score (nSPS) is 15.2. The fourth-order valence-corrected chi connectivity index (χ4v) is 1.85. The number of hydrogen-bond acceptors (Lipinski definition) is 2. The zero-order chi connectivity index (χ0) is 10.7. The molecule has 1 aromatic rings. The van der Waals surface area contributed by atoms with Gasteiger partial charge in [-0.15, -0.1) is 0 Å². The molecular weight excluding hydrogens is 249 g/mol.